The molecule has 2 aliphatic rings. The number of rotatable bonds is 5. The second-order valence-electron chi connectivity index (χ2n) is 7.79. The third kappa shape index (κ3) is 3.45. The molecule has 0 spiro atoms. The smallest absolute Gasteiger partial charge is 0.186 e. The molecule has 0 amide bonds. The van der Waals surface area contributed by atoms with Gasteiger partial charge < -0.3 is 24.1 Å². The molecule has 3 rings (SSSR count). The van der Waals surface area contributed by atoms with Gasteiger partial charge in [-0.3, -0.25) is 0 Å². The molecular weight excluding hydrogens is 324 g/mol. The van der Waals surface area contributed by atoms with E-state index in [1.807, 2.05) is 19.9 Å². The zero-order chi connectivity index (χ0) is 17.5. The number of aliphatic hydroxyl groups is 1. The first-order valence-corrected chi connectivity index (χ1v) is 11.7. The van der Waals surface area contributed by atoms with Crippen LogP contribution in [0.1, 0.15) is 13.8 Å². The number of ether oxygens (including phenoxy) is 4. The maximum absolute atomic E-state index is 10.9. The predicted molar refractivity (Wildman–Crippen MR) is 93.9 cm³/mol. The summed E-state index contributed by atoms with van der Waals surface area (Å²) in [4.78, 5) is 0. The summed E-state index contributed by atoms with van der Waals surface area (Å²) in [5, 5.41) is 12.2. The highest BCUT2D eigenvalue weighted by molar-refractivity contribution is 6.89. The molecule has 2 heterocycles. The van der Waals surface area contributed by atoms with Crippen molar-refractivity contribution in [3.63, 3.8) is 0 Å². The van der Waals surface area contributed by atoms with Crippen molar-refractivity contribution >= 4 is 13.3 Å². The minimum Gasteiger partial charge on any atom is -0.391 e. The van der Waals surface area contributed by atoms with Crippen molar-refractivity contribution in [1.82, 2.24) is 0 Å². The van der Waals surface area contributed by atoms with E-state index in [1.54, 1.807) is 7.11 Å². The normalized spacial score (nSPS) is 33.4. The van der Waals surface area contributed by atoms with Crippen LogP contribution in [-0.4, -0.2) is 56.8 Å². The quantitative estimate of drug-likeness (QED) is 0.820. The van der Waals surface area contributed by atoms with Crippen LogP contribution in [0.3, 0.4) is 0 Å². The maximum Gasteiger partial charge on any atom is 0.186 e. The average Bonchev–Trinajstić information content (AvgIpc) is 3.00. The number of aliphatic hydroxyl groups excluding tert-OH is 1. The molecule has 0 bridgehead atoms. The Kier molecular flexibility index (Phi) is 4.90. The Morgan fingerprint density at radius 2 is 1.79 bits per heavy atom. The molecule has 2 saturated heterocycles. The van der Waals surface area contributed by atoms with Crippen LogP contribution in [0.4, 0.5) is 0 Å². The van der Waals surface area contributed by atoms with Crippen LogP contribution in [0.15, 0.2) is 30.3 Å². The SMILES string of the molecule is CO[C@@H]1O[C@@H]([C@H](O)C[Si](C)(C)c2ccccc2)[C@H]2OC(C)(C)O[C@@H]12. The first-order chi connectivity index (χ1) is 11.2. The molecule has 1 aromatic carbocycles. The first-order valence-electron chi connectivity index (χ1n) is 8.51. The van der Waals surface area contributed by atoms with E-state index in [1.165, 1.54) is 5.19 Å². The lowest BCUT2D eigenvalue weighted by Gasteiger charge is -2.31. The highest BCUT2D eigenvalue weighted by atomic mass is 28.3. The highest BCUT2D eigenvalue weighted by Crippen LogP contribution is 2.40. The number of hydrogen-bond donors (Lipinski definition) is 1. The van der Waals surface area contributed by atoms with Gasteiger partial charge in [0, 0.05) is 7.11 Å². The van der Waals surface area contributed by atoms with Gasteiger partial charge in [0.1, 0.15) is 18.3 Å². The van der Waals surface area contributed by atoms with Crippen LogP contribution in [0, 0.1) is 0 Å². The lowest BCUT2D eigenvalue weighted by molar-refractivity contribution is -0.235. The van der Waals surface area contributed by atoms with Gasteiger partial charge in [-0.25, -0.2) is 0 Å². The van der Waals surface area contributed by atoms with Crippen molar-refractivity contribution in [1.29, 1.82) is 0 Å². The summed E-state index contributed by atoms with van der Waals surface area (Å²) in [6.45, 7) is 8.29. The van der Waals surface area contributed by atoms with Crippen LogP contribution in [0.5, 0.6) is 0 Å². The van der Waals surface area contributed by atoms with E-state index in [0.717, 1.165) is 0 Å². The van der Waals surface area contributed by atoms with E-state index in [9.17, 15) is 5.11 Å². The first kappa shape index (κ1) is 18.0. The molecule has 24 heavy (non-hydrogen) atoms. The van der Waals surface area contributed by atoms with E-state index >= 15 is 0 Å². The number of hydrogen-bond acceptors (Lipinski definition) is 5. The monoisotopic (exact) mass is 352 g/mol. The largest absolute Gasteiger partial charge is 0.391 e. The van der Waals surface area contributed by atoms with Crippen LogP contribution >= 0.6 is 0 Å². The van der Waals surface area contributed by atoms with Crippen molar-refractivity contribution in [2.45, 2.75) is 69.5 Å². The van der Waals surface area contributed by atoms with Crippen LogP contribution in [0.2, 0.25) is 19.1 Å². The van der Waals surface area contributed by atoms with Gasteiger partial charge in [-0.2, -0.15) is 0 Å². The van der Waals surface area contributed by atoms with Crippen LogP contribution in [0.25, 0.3) is 0 Å². The summed E-state index contributed by atoms with van der Waals surface area (Å²) >= 11 is 0. The Morgan fingerprint density at radius 3 is 2.42 bits per heavy atom. The Hall–Kier alpha value is -0.763. The molecule has 0 aliphatic carbocycles. The molecule has 0 unspecified atom stereocenters. The number of methoxy groups -OCH3 is 1. The second-order valence-corrected chi connectivity index (χ2v) is 12.5. The van der Waals surface area contributed by atoms with Gasteiger partial charge in [0.15, 0.2) is 12.1 Å². The second kappa shape index (κ2) is 6.51. The standard InChI is InChI=1S/C18H28O5Si/c1-18(2)22-15-14(21-17(20-3)16(15)23-18)13(19)11-24(4,5)12-9-7-6-8-10-12/h6-10,13-17,19H,11H2,1-5H3/t13-,14+,15-,16-,17-/m1/s1. The lowest BCUT2D eigenvalue weighted by Crippen LogP contribution is -2.48. The minimum atomic E-state index is -1.79. The molecular formula is C18H28O5Si. The summed E-state index contributed by atoms with van der Waals surface area (Å²) in [7, 11) is -0.198. The predicted octanol–water partition coefficient (Wildman–Crippen LogP) is 1.85. The summed E-state index contributed by atoms with van der Waals surface area (Å²) < 4.78 is 23.2. The Bertz CT molecular complexity index is 562. The van der Waals surface area contributed by atoms with Gasteiger partial charge in [0.25, 0.3) is 0 Å². The molecule has 0 saturated carbocycles. The zero-order valence-electron chi connectivity index (χ0n) is 15.1. The van der Waals surface area contributed by atoms with E-state index in [0.29, 0.717) is 6.04 Å². The third-order valence-electron chi connectivity index (χ3n) is 4.93. The highest BCUT2D eigenvalue weighted by Gasteiger charge is 2.57. The number of fused-ring (bicyclic) bond motifs is 1. The van der Waals surface area contributed by atoms with Gasteiger partial charge in [-0.15, -0.1) is 0 Å². The summed E-state index contributed by atoms with van der Waals surface area (Å²) in [6.07, 6.45) is -2.15. The fourth-order valence-electron chi connectivity index (χ4n) is 3.74. The molecule has 5 nitrogen and oxygen atoms in total. The molecule has 0 aromatic heterocycles. The van der Waals surface area contributed by atoms with Gasteiger partial charge >= 0.3 is 0 Å². The zero-order valence-corrected chi connectivity index (χ0v) is 16.1. The molecule has 2 fully saturated rings. The van der Waals surface area contributed by atoms with Crippen molar-refractivity contribution in [3.05, 3.63) is 30.3 Å². The summed E-state index contributed by atoms with van der Waals surface area (Å²) in [6, 6.07) is 11.1. The summed E-state index contributed by atoms with van der Waals surface area (Å²) in [5.41, 5.74) is 0. The summed E-state index contributed by atoms with van der Waals surface area (Å²) in [5.74, 6) is -0.680. The van der Waals surface area contributed by atoms with Gasteiger partial charge in [0.2, 0.25) is 0 Å². The van der Waals surface area contributed by atoms with Crippen molar-refractivity contribution in [3.8, 4) is 0 Å². The van der Waals surface area contributed by atoms with E-state index < -0.39 is 32.4 Å². The van der Waals surface area contributed by atoms with E-state index in [-0.39, 0.29) is 12.2 Å². The van der Waals surface area contributed by atoms with E-state index in [4.69, 9.17) is 18.9 Å². The van der Waals surface area contributed by atoms with Crippen LogP contribution in [-0.2, 0) is 18.9 Å². The fraction of sp³-hybridized carbons (Fsp3) is 0.667. The Labute approximate surface area is 144 Å². The minimum absolute atomic E-state index is 0.300. The number of benzene rings is 1. The van der Waals surface area contributed by atoms with Gasteiger partial charge in [-0.05, 0) is 19.9 Å². The fourth-order valence-corrected chi connectivity index (χ4v) is 6.35. The van der Waals surface area contributed by atoms with Crippen molar-refractivity contribution in [2.75, 3.05) is 7.11 Å². The molecule has 134 valence electrons. The molecule has 1 N–H and O–H groups in total. The Balaban J connectivity index is 1.74. The Morgan fingerprint density at radius 1 is 1.17 bits per heavy atom. The van der Waals surface area contributed by atoms with Crippen LogP contribution < -0.4 is 5.19 Å². The third-order valence-corrected chi connectivity index (χ3v) is 8.27. The van der Waals surface area contributed by atoms with Gasteiger partial charge in [0.05, 0.1) is 14.2 Å². The molecule has 0 radical (unpaired) electrons. The molecule has 1 aromatic rings. The molecule has 5 atom stereocenters. The van der Waals surface area contributed by atoms with Crippen molar-refractivity contribution in [2.24, 2.45) is 0 Å². The van der Waals surface area contributed by atoms with Crippen molar-refractivity contribution < 1.29 is 24.1 Å². The average molecular weight is 353 g/mol. The maximum atomic E-state index is 10.9. The lowest BCUT2D eigenvalue weighted by atomic mass is 10.1. The topological polar surface area (TPSA) is 57.2 Å². The molecule has 6 heteroatoms. The van der Waals surface area contributed by atoms with Gasteiger partial charge in [-0.1, -0.05) is 48.6 Å². The molecule has 2 aliphatic heterocycles. The van der Waals surface area contributed by atoms with E-state index in [2.05, 4.69) is 37.4 Å².